The van der Waals surface area contributed by atoms with E-state index in [0.29, 0.717) is 0 Å². The summed E-state index contributed by atoms with van der Waals surface area (Å²) < 4.78 is 0. The molecule has 0 aromatic carbocycles. The van der Waals surface area contributed by atoms with E-state index in [1.807, 2.05) is 0 Å². The van der Waals surface area contributed by atoms with E-state index >= 15 is 0 Å². The second-order valence-corrected chi connectivity index (χ2v) is 4.37. The third-order valence-corrected chi connectivity index (χ3v) is 3.34. The number of likely N-dealkylation sites (tertiary alicyclic amines) is 1. The molecule has 0 saturated carbocycles. The van der Waals surface area contributed by atoms with E-state index in [9.17, 15) is 0 Å². The standard InChI is InChI=1S/C10H19N2.Y/c1-8(2)12-6-4-9-7-11-5-3-10(9)12;/h8-10H,3-7H2,1-2H3;/q-1;. The maximum Gasteiger partial charge on any atom is 0.00938 e. The first kappa shape index (κ1) is 12.1. The fourth-order valence-corrected chi connectivity index (χ4v) is 2.68. The summed E-state index contributed by atoms with van der Waals surface area (Å²) in [6.45, 7) is 8.17. The Hall–Kier alpha value is 1.02. The molecule has 2 unspecified atom stereocenters. The molecule has 13 heavy (non-hydrogen) atoms. The molecule has 0 amide bonds. The van der Waals surface area contributed by atoms with Gasteiger partial charge in [0.25, 0.3) is 0 Å². The summed E-state index contributed by atoms with van der Waals surface area (Å²) in [6, 6.07) is 1.60. The van der Waals surface area contributed by atoms with Crippen molar-refractivity contribution in [2.24, 2.45) is 5.92 Å². The quantitative estimate of drug-likeness (QED) is 0.700. The topological polar surface area (TPSA) is 17.3 Å². The Balaban J connectivity index is 0.000000845. The van der Waals surface area contributed by atoms with Crippen LogP contribution in [0.25, 0.3) is 5.32 Å². The summed E-state index contributed by atoms with van der Waals surface area (Å²) in [6.07, 6.45) is 2.69. The molecule has 0 bridgehead atoms. The Bertz CT molecular complexity index is 161. The van der Waals surface area contributed by atoms with Gasteiger partial charge in [-0.05, 0) is 32.7 Å². The van der Waals surface area contributed by atoms with Crippen LogP contribution in [0.3, 0.4) is 0 Å². The van der Waals surface area contributed by atoms with Gasteiger partial charge in [-0.2, -0.15) is 0 Å². The van der Waals surface area contributed by atoms with Crippen molar-refractivity contribution in [2.45, 2.75) is 38.8 Å². The molecule has 2 fully saturated rings. The smallest absolute Gasteiger partial charge is 0.00938 e. The summed E-state index contributed by atoms with van der Waals surface area (Å²) in [5.41, 5.74) is 0. The van der Waals surface area contributed by atoms with E-state index in [1.54, 1.807) is 0 Å². The van der Waals surface area contributed by atoms with E-state index in [-0.39, 0.29) is 32.7 Å². The second-order valence-electron chi connectivity index (χ2n) is 4.37. The zero-order valence-corrected chi connectivity index (χ0v) is 11.6. The number of fused-ring (bicyclic) bond motifs is 1. The van der Waals surface area contributed by atoms with Crippen molar-refractivity contribution in [1.82, 2.24) is 4.90 Å². The molecular formula is C10H19N2Y-. The van der Waals surface area contributed by atoms with Crippen molar-refractivity contribution in [1.29, 1.82) is 0 Å². The Morgan fingerprint density at radius 2 is 2.08 bits per heavy atom. The zero-order chi connectivity index (χ0) is 8.55. The van der Waals surface area contributed by atoms with Gasteiger partial charge < -0.3 is 5.32 Å². The molecule has 2 aliphatic rings. The van der Waals surface area contributed by atoms with E-state index in [1.165, 1.54) is 19.4 Å². The van der Waals surface area contributed by atoms with Crippen LogP contribution in [0.5, 0.6) is 0 Å². The van der Waals surface area contributed by atoms with Gasteiger partial charge in [0.05, 0.1) is 0 Å². The number of hydrogen-bond donors (Lipinski definition) is 0. The Labute approximate surface area is 107 Å². The van der Waals surface area contributed by atoms with Crippen LogP contribution in [-0.4, -0.2) is 36.6 Å². The number of hydrogen-bond acceptors (Lipinski definition) is 1. The molecule has 2 nitrogen and oxygen atoms in total. The van der Waals surface area contributed by atoms with Gasteiger partial charge in [0.1, 0.15) is 0 Å². The SMILES string of the molecule is CC(C)N1CCC2C[N-]CCC21.[Y]. The van der Waals surface area contributed by atoms with Crippen LogP contribution < -0.4 is 0 Å². The van der Waals surface area contributed by atoms with Gasteiger partial charge in [0, 0.05) is 44.8 Å². The zero-order valence-electron chi connectivity index (χ0n) is 8.74. The summed E-state index contributed by atoms with van der Waals surface area (Å²) in [5.74, 6) is 0.890. The maximum absolute atomic E-state index is 4.49. The summed E-state index contributed by atoms with van der Waals surface area (Å²) in [4.78, 5) is 2.67. The van der Waals surface area contributed by atoms with E-state index in [0.717, 1.165) is 31.1 Å². The monoisotopic (exact) mass is 256 g/mol. The average molecular weight is 256 g/mol. The maximum atomic E-state index is 4.49. The molecule has 2 heterocycles. The van der Waals surface area contributed by atoms with Gasteiger partial charge in [0.2, 0.25) is 0 Å². The minimum absolute atomic E-state index is 0. The summed E-state index contributed by atoms with van der Waals surface area (Å²) >= 11 is 0. The first-order valence-corrected chi connectivity index (χ1v) is 5.18. The largest absolute Gasteiger partial charge is 0.662 e. The molecular weight excluding hydrogens is 237 g/mol. The fourth-order valence-electron chi connectivity index (χ4n) is 2.68. The Morgan fingerprint density at radius 3 is 2.77 bits per heavy atom. The van der Waals surface area contributed by atoms with E-state index in [4.69, 9.17) is 0 Å². The third kappa shape index (κ3) is 2.53. The molecule has 0 spiro atoms. The predicted octanol–water partition coefficient (Wildman–Crippen LogP) is 1.86. The van der Waals surface area contributed by atoms with Crippen LogP contribution >= 0.6 is 0 Å². The normalized spacial score (nSPS) is 34.4. The van der Waals surface area contributed by atoms with Crippen molar-refractivity contribution in [3.05, 3.63) is 5.32 Å². The summed E-state index contributed by atoms with van der Waals surface area (Å²) in [5, 5.41) is 4.49. The van der Waals surface area contributed by atoms with Crippen LogP contribution in [0.2, 0.25) is 0 Å². The van der Waals surface area contributed by atoms with Crippen molar-refractivity contribution in [2.75, 3.05) is 19.6 Å². The minimum Gasteiger partial charge on any atom is -0.662 e. The third-order valence-electron chi connectivity index (χ3n) is 3.34. The van der Waals surface area contributed by atoms with Crippen molar-refractivity contribution < 1.29 is 32.7 Å². The molecule has 0 N–H and O–H groups in total. The van der Waals surface area contributed by atoms with Gasteiger partial charge in [-0.1, -0.05) is 6.42 Å². The molecule has 0 aromatic heterocycles. The van der Waals surface area contributed by atoms with Gasteiger partial charge in [-0.15, -0.1) is 13.1 Å². The number of rotatable bonds is 1. The van der Waals surface area contributed by atoms with Crippen LogP contribution in [0.15, 0.2) is 0 Å². The van der Waals surface area contributed by atoms with Crippen molar-refractivity contribution in [3.63, 3.8) is 0 Å². The van der Waals surface area contributed by atoms with Crippen LogP contribution in [0, 0.1) is 5.92 Å². The molecule has 2 atom stereocenters. The molecule has 2 rings (SSSR count). The van der Waals surface area contributed by atoms with Gasteiger partial charge >= 0.3 is 0 Å². The van der Waals surface area contributed by atoms with Crippen LogP contribution in [-0.2, 0) is 32.7 Å². The number of nitrogens with zero attached hydrogens (tertiary/aromatic N) is 2. The minimum atomic E-state index is 0. The van der Waals surface area contributed by atoms with Gasteiger partial charge in [0.15, 0.2) is 0 Å². The van der Waals surface area contributed by atoms with Crippen LogP contribution in [0.4, 0.5) is 0 Å². The average Bonchev–Trinajstić information content (AvgIpc) is 2.47. The molecule has 73 valence electrons. The van der Waals surface area contributed by atoms with E-state index in [2.05, 4.69) is 24.1 Å². The molecule has 2 saturated heterocycles. The van der Waals surface area contributed by atoms with Crippen molar-refractivity contribution in [3.8, 4) is 0 Å². The number of piperidine rings is 1. The molecule has 2 aliphatic heterocycles. The molecule has 0 aliphatic carbocycles. The van der Waals surface area contributed by atoms with Gasteiger partial charge in [-0.25, -0.2) is 0 Å². The van der Waals surface area contributed by atoms with Gasteiger partial charge in [-0.3, -0.25) is 4.90 Å². The molecule has 1 radical (unpaired) electrons. The molecule has 0 aromatic rings. The Kier molecular flexibility index (Phi) is 4.84. The van der Waals surface area contributed by atoms with Crippen molar-refractivity contribution >= 4 is 0 Å². The van der Waals surface area contributed by atoms with E-state index < -0.39 is 0 Å². The first-order chi connectivity index (χ1) is 5.79. The second kappa shape index (κ2) is 5.20. The Morgan fingerprint density at radius 1 is 1.31 bits per heavy atom. The predicted molar refractivity (Wildman–Crippen MR) is 51.4 cm³/mol. The first-order valence-electron chi connectivity index (χ1n) is 5.18. The van der Waals surface area contributed by atoms with Crippen LogP contribution in [0.1, 0.15) is 26.7 Å². The fraction of sp³-hybridized carbons (Fsp3) is 1.00. The summed E-state index contributed by atoms with van der Waals surface area (Å²) in [7, 11) is 0. The molecule has 3 heteroatoms.